The SMILES string of the molecule is Cc1onc(-c2c(Cl)cccc2Cl)c1/C=N/Nc1c(Cl)cc(Cl)cc1Cl. The van der Waals surface area contributed by atoms with Gasteiger partial charge >= 0.3 is 0 Å². The van der Waals surface area contributed by atoms with Crippen molar-refractivity contribution in [2.75, 3.05) is 5.43 Å². The molecule has 0 bridgehead atoms. The van der Waals surface area contributed by atoms with Gasteiger partial charge in [0.05, 0.1) is 37.6 Å². The van der Waals surface area contributed by atoms with E-state index < -0.39 is 0 Å². The molecule has 0 radical (unpaired) electrons. The molecule has 0 fully saturated rings. The first-order chi connectivity index (χ1) is 12.4. The molecule has 0 unspecified atom stereocenters. The van der Waals surface area contributed by atoms with Gasteiger partial charge in [-0.15, -0.1) is 0 Å². The smallest absolute Gasteiger partial charge is 0.143 e. The number of hydrogen-bond acceptors (Lipinski definition) is 4. The molecule has 1 N–H and O–H groups in total. The molecule has 0 aliphatic heterocycles. The molecule has 0 atom stereocenters. The van der Waals surface area contributed by atoms with E-state index in [4.69, 9.17) is 62.5 Å². The Bertz CT molecular complexity index is 957. The Kier molecular flexibility index (Phi) is 6.00. The molecule has 2 aromatic carbocycles. The number of nitrogens with one attached hydrogen (secondary N) is 1. The van der Waals surface area contributed by atoms with Gasteiger partial charge in [-0.2, -0.15) is 5.10 Å². The Hall–Kier alpha value is -1.43. The number of aryl methyl sites for hydroxylation is 1. The van der Waals surface area contributed by atoms with Crippen LogP contribution in [0.1, 0.15) is 11.3 Å². The molecule has 0 saturated heterocycles. The summed E-state index contributed by atoms with van der Waals surface area (Å²) in [6.45, 7) is 1.75. The van der Waals surface area contributed by atoms with Gasteiger partial charge in [-0.3, -0.25) is 5.43 Å². The topological polar surface area (TPSA) is 50.4 Å². The van der Waals surface area contributed by atoms with Crippen molar-refractivity contribution in [2.24, 2.45) is 5.10 Å². The zero-order valence-electron chi connectivity index (χ0n) is 13.2. The summed E-state index contributed by atoms with van der Waals surface area (Å²) in [7, 11) is 0. The molecule has 0 spiro atoms. The summed E-state index contributed by atoms with van der Waals surface area (Å²) in [5.41, 5.74) is 4.89. The highest BCUT2D eigenvalue weighted by atomic mass is 35.5. The molecule has 3 aromatic rings. The van der Waals surface area contributed by atoms with Crippen LogP contribution in [0.15, 0.2) is 40.0 Å². The Labute approximate surface area is 174 Å². The first kappa shape index (κ1) is 19.3. The Balaban J connectivity index is 1.95. The number of hydrogen-bond donors (Lipinski definition) is 1. The van der Waals surface area contributed by atoms with E-state index in [1.54, 1.807) is 37.3 Å². The van der Waals surface area contributed by atoms with Crippen LogP contribution in [0.3, 0.4) is 0 Å². The fraction of sp³-hybridized carbons (Fsp3) is 0.0588. The van der Waals surface area contributed by atoms with Crippen LogP contribution in [0.4, 0.5) is 5.69 Å². The predicted octanol–water partition coefficient (Wildman–Crippen LogP) is 7.36. The molecule has 26 heavy (non-hydrogen) atoms. The van der Waals surface area contributed by atoms with Crippen molar-refractivity contribution in [2.45, 2.75) is 6.92 Å². The third kappa shape index (κ3) is 3.95. The van der Waals surface area contributed by atoms with Crippen molar-refractivity contribution >= 4 is 69.9 Å². The number of hydrazone groups is 1. The van der Waals surface area contributed by atoms with Crippen molar-refractivity contribution in [3.63, 3.8) is 0 Å². The van der Waals surface area contributed by atoms with Gasteiger partial charge < -0.3 is 4.52 Å². The number of benzene rings is 2. The third-order valence-electron chi connectivity index (χ3n) is 3.48. The summed E-state index contributed by atoms with van der Waals surface area (Å²) >= 11 is 30.7. The minimum Gasteiger partial charge on any atom is -0.360 e. The highest BCUT2D eigenvalue weighted by Gasteiger charge is 2.18. The van der Waals surface area contributed by atoms with Gasteiger partial charge in [-0.1, -0.05) is 69.2 Å². The van der Waals surface area contributed by atoms with Gasteiger partial charge in [0.2, 0.25) is 0 Å². The fourth-order valence-corrected chi connectivity index (χ4v) is 3.72. The second-order valence-corrected chi connectivity index (χ2v) is 7.28. The highest BCUT2D eigenvalue weighted by Crippen LogP contribution is 2.36. The number of nitrogens with zero attached hydrogens (tertiary/aromatic N) is 2. The molecule has 3 rings (SSSR count). The zero-order valence-corrected chi connectivity index (χ0v) is 16.9. The summed E-state index contributed by atoms with van der Waals surface area (Å²) in [6, 6.07) is 8.32. The van der Waals surface area contributed by atoms with E-state index in [-0.39, 0.29) is 0 Å². The molecule has 1 aromatic heterocycles. The van der Waals surface area contributed by atoms with Crippen molar-refractivity contribution in [1.82, 2.24) is 5.16 Å². The van der Waals surface area contributed by atoms with Crippen LogP contribution in [0.5, 0.6) is 0 Å². The summed E-state index contributed by atoms with van der Waals surface area (Å²) in [6.07, 6.45) is 1.53. The van der Waals surface area contributed by atoms with Gasteiger partial charge in [0, 0.05) is 10.6 Å². The van der Waals surface area contributed by atoms with Gasteiger partial charge in [0.1, 0.15) is 11.5 Å². The summed E-state index contributed by atoms with van der Waals surface area (Å²) in [5.74, 6) is 0.551. The number of halogens is 5. The normalized spacial score (nSPS) is 11.3. The summed E-state index contributed by atoms with van der Waals surface area (Å²) in [4.78, 5) is 0. The largest absolute Gasteiger partial charge is 0.360 e. The van der Waals surface area contributed by atoms with Crippen LogP contribution < -0.4 is 5.43 Å². The van der Waals surface area contributed by atoms with Crippen LogP contribution in [0, 0.1) is 6.92 Å². The second-order valence-electron chi connectivity index (χ2n) is 5.21. The maximum Gasteiger partial charge on any atom is 0.143 e. The molecular formula is C17H10Cl5N3O. The standard InChI is InChI=1S/C17H10Cl5N3O/c1-8-10(7-23-24-17-13(21)5-9(18)6-14(17)22)16(25-26-8)15-11(19)3-2-4-12(15)20/h2-7,24H,1H3/b23-7+. The first-order valence-corrected chi connectivity index (χ1v) is 9.11. The van der Waals surface area contributed by atoms with Crippen LogP contribution in [-0.2, 0) is 0 Å². The molecule has 1 heterocycles. The van der Waals surface area contributed by atoms with Crippen molar-refractivity contribution in [1.29, 1.82) is 0 Å². The maximum atomic E-state index is 6.26. The minimum absolute atomic E-state index is 0.344. The van der Waals surface area contributed by atoms with Crippen molar-refractivity contribution in [3.05, 3.63) is 66.8 Å². The fourth-order valence-electron chi connectivity index (χ4n) is 2.25. The Morgan fingerprint density at radius 3 is 2.23 bits per heavy atom. The molecule has 4 nitrogen and oxygen atoms in total. The molecule has 0 aliphatic rings. The van der Waals surface area contributed by atoms with Crippen molar-refractivity contribution in [3.8, 4) is 11.3 Å². The molecular weight excluding hydrogens is 439 g/mol. The maximum absolute atomic E-state index is 6.26. The lowest BCUT2D eigenvalue weighted by Gasteiger charge is -2.07. The molecule has 0 amide bonds. The molecule has 0 saturated carbocycles. The Morgan fingerprint density at radius 1 is 1.00 bits per heavy atom. The number of anilines is 1. The highest BCUT2D eigenvalue weighted by molar-refractivity contribution is 6.42. The lowest BCUT2D eigenvalue weighted by atomic mass is 10.1. The number of rotatable bonds is 4. The average Bonchev–Trinajstić information content (AvgIpc) is 2.91. The molecule has 134 valence electrons. The van der Waals surface area contributed by atoms with E-state index in [0.717, 1.165) is 0 Å². The first-order valence-electron chi connectivity index (χ1n) is 7.22. The van der Waals surface area contributed by atoms with E-state index in [1.165, 1.54) is 6.21 Å². The minimum atomic E-state index is 0.344. The van der Waals surface area contributed by atoms with Gasteiger partial charge in [0.25, 0.3) is 0 Å². The van der Waals surface area contributed by atoms with E-state index in [2.05, 4.69) is 15.7 Å². The van der Waals surface area contributed by atoms with E-state index in [9.17, 15) is 0 Å². The third-order valence-corrected chi connectivity index (χ3v) is 4.93. The monoisotopic (exact) mass is 447 g/mol. The van der Waals surface area contributed by atoms with Crippen molar-refractivity contribution < 1.29 is 4.52 Å². The van der Waals surface area contributed by atoms with Crippen LogP contribution >= 0.6 is 58.0 Å². The quantitative estimate of drug-likeness (QED) is 0.334. The Morgan fingerprint density at radius 2 is 1.62 bits per heavy atom. The summed E-state index contributed by atoms with van der Waals surface area (Å²) in [5, 5.41) is 10.2. The lowest BCUT2D eigenvalue weighted by molar-refractivity contribution is 0.399. The summed E-state index contributed by atoms with van der Waals surface area (Å²) < 4.78 is 5.27. The van der Waals surface area contributed by atoms with Crippen LogP contribution in [-0.4, -0.2) is 11.4 Å². The van der Waals surface area contributed by atoms with Crippen LogP contribution in [0.25, 0.3) is 11.3 Å². The van der Waals surface area contributed by atoms with E-state index in [1.807, 2.05) is 0 Å². The van der Waals surface area contributed by atoms with E-state index in [0.29, 0.717) is 53.4 Å². The average molecular weight is 450 g/mol. The van der Waals surface area contributed by atoms with Crippen LogP contribution in [0.2, 0.25) is 25.1 Å². The predicted molar refractivity (Wildman–Crippen MR) is 109 cm³/mol. The van der Waals surface area contributed by atoms with Gasteiger partial charge in [0.15, 0.2) is 0 Å². The lowest BCUT2D eigenvalue weighted by Crippen LogP contribution is -1.95. The number of aromatic nitrogens is 1. The second kappa shape index (κ2) is 8.07. The molecule has 9 heteroatoms. The zero-order chi connectivity index (χ0) is 18.8. The molecule has 0 aliphatic carbocycles. The van der Waals surface area contributed by atoms with E-state index >= 15 is 0 Å². The van der Waals surface area contributed by atoms with Gasteiger partial charge in [-0.25, -0.2) is 0 Å². The van der Waals surface area contributed by atoms with Gasteiger partial charge in [-0.05, 0) is 31.2 Å².